The van der Waals surface area contributed by atoms with E-state index in [0.29, 0.717) is 25.3 Å². The number of rotatable bonds is 6. The van der Waals surface area contributed by atoms with Crippen LogP contribution in [0.25, 0.3) is 0 Å². The first-order chi connectivity index (χ1) is 10.1. The molecule has 0 aliphatic carbocycles. The van der Waals surface area contributed by atoms with Gasteiger partial charge in [0.05, 0.1) is 16.3 Å². The van der Waals surface area contributed by atoms with E-state index >= 15 is 0 Å². The normalized spacial score (nSPS) is 17.3. The highest BCUT2D eigenvalue weighted by atomic mass is 35.5. The first kappa shape index (κ1) is 15.7. The van der Waals surface area contributed by atoms with Crippen molar-refractivity contribution >= 4 is 23.2 Å². The third kappa shape index (κ3) is 3.92. The molecule has 0 spiro atoms. The van der Waals surface area contributed by atoms with Crippen molar-refractivity contribution < 1.29 is 18.8 Å². The van der Waals surface area contributed by atoms with Crippen LogP contribution in [-0.4, -0.2) is 38.0 Å². The second-order valence-electron chi connectivity index (χ2n) is 4.57. The van der Waals surface area contributed by atoms with Crippen molar-refractivity contribution in [3.8, 4) is 0 Å². The summed E-state index contributed by atoms with van der Waals surface area (Å²) in [6.45, 7) is 1.06. The minimum atomic E-state index is -0.752. The number of hydrogen-bond acceptors (Lipinski definition) is 4. The Morgan fingerprint density at radius 2 is 2.43 bits per heavy atom. The number of carbonyl (C=O) groups excluding carboxylic acids is 1. The molecule has 1 aromatic carbocycles. The Kier molecular flexibility index (Phi) is 5.52. The summed E-state index contributed by atoms with van der Waals surface area (Å²) in [4.78, 5) is 16.9. The third-order valence-corrected chi connectivity index (χ3v) is 3.35. The Bertz CT molecular complexity index is 531. The van der Waals surface area contributed by atoms with Crippen molar-refractivity contribution in [2.75, 3.05) is 20.3 Å². The standard InChI is InChI=1S/C14H16ClFN2O3/c1-20-7-3-6-17-14(19)12-8-11(18-21-12)13-9(15)4-2-5-10(13)16/h2,4-5,12H,3,6-8H2,1H3,(H,17,19)/t12-/m1/s1. The quantitative estimate of drug-likeness (QED) is 0.818. The molecule has 0 saturated carbocycles. The van der Waals surface area contributed by atoms with E-state index in [-0.39, 0.29) is 22.9 Å². The van der Waals surface area contributed by atoms with Crippen LogP contribution in [0.15, 0.2) is 23.4 Å². The van der Waals surface area contributed by atoms with Crippen molar-refractivity contribution in [3.05, 3.63) is 34.6 Å². The van der Waals surface area contributed by atoms with Crippen LogP contribution >= 0.6 is 11.6 Å². The summed E-state index contributed by atoms with van der Waals surface area (Å²) in [5.74, 6) is -0.761. The van der Waals surface area contributed by atoms with Crippen LogP contribution in [0, 0.1) is 5.82 Å². The monoisotopic (exact) mass is 314 g/mol. The molecule has 1 aromatic rings. The van der Waals surface area contributed by atoms with Crippen molar-refractivity contribution in [3.63, 3.8) is 0 Å². The molecular weight excluding hydrogens is 299 g/mol. The second kappa shape index (κ2) is 7.38. The van der Waals surface area contributed by atoms with E-state index < -0.39 is 11.9 Å². The number of benzene rings is 1. The van der Waals surface area contributed by atoms with Gasteiger partial charge in [-0.2, -0.15) is 0 Å². The lowest BCUT2D eigenvalue weighted by Gasteiger charge is -2.09. The molecular formula is C14H16ClFN2O3. The first-order valence-corrected chi connectivity index (χ1v) is 6.95. The average Bonchev–Trinajstić information content (AvgIpc) is 2.93. The molecule has 1 N–H and O–H groups in total. The number of carbonyl (C=O) groups is 1. The maximum Gasteiger partial charge on any atom is 0.264 e. The highest BCUT2D eigenvalue weighted by molar-refractivity contribution is 6.34. The molecule has 0 bridgehead atoms. The van der Waals surface area contributed by atoms with Gasteiger partial charge in [-0.1, -0.05) is 22.8 Å². The smallest absolute Gasteiger partial charge is 0.264 e. The number of ether oxygens (including phenoxy) is 1. The van der Waals surface area contributed by atoms with E-state index in [0.717, 1.165) is 0 Å². The van der Waals surface area contributed by atoms with Gasteiger partial charge in [0.15, 0.2) is 0 Å². The molecule has 0 radical (unpaired) electrons. The fraction of sp³-hybridized carbons (Fsp3) is 0.429. The SMILES string of the molecule is COCCCNC(=O)[C@H]1CC(c2c(F)cccc2Cl)=NO1. The van der Waals surface area contributed by atoms with E-state index in [1.807, 2.05) is 0 Å². The van der Waals surface area contributed by atoms with Crippen LogP contribution in [0.1, 0.15) is 18.4 Å². The lowest BCUT2D eigenvalue weighted by atomic mass is 10.0. The Morgan fingerprint density at radius 1 is 1.62 bits per heavy atom. The lowest BCUT2D eigenvalue weighted by molar-refractivity contribution is -0.131. The van der Waals surface area contributed by atoms with Gasteiger partial charge in [-0.3, -0.25) is 4.79 Å². The van der Waals surface area contributed by atoms with E-state index in [9.17, 15) is 9.18 Å². The summed E-state index contributed by atoms with van der Waals surface area (Å²) >= 11 is 5.96. The van der Waals surface area contributed by atoms with E-state index in [1.54, 1.807) is 13.2 Å². The van der Waals surface area contributed by atoms with Crippen molar-refractivity contribution in [1.29, 1.82) is 0 Å². The molecule has 1 heterocycles. The predicted molar refractivity (Wildman–Crippen MR) is 76.9 cm³/mol. The van der Waals surface area contributed by atoms with Crippen molar-refractivity contribution in [2.45, 2.75) is 18.9 Å². The Hall–Kier alpha value is -1.66. The summed E-state index contributed by atoms with van der Waals surface area (Å²) in [6, 6.07) is 4.38. The van der Waals surface area contributed by atoms with Gasteiger partial charge < -0.3 is 14.9 Å². The average molecular weight is 315 g/mol. The third-order valence-electron chi connectivity index (χ3n) is 3.04. The molecule has 21 heavy (non-hydrogen) atoms. The zero-order valence-corrected chi connectivity index (χ0v) is 12.3. The first-order valence-electron chi connectivity index (χ1n) is 6.57. The summed E-state index contributed by atoms with van der Waals surface area (Å²) in [7, 11) is 1.60. The number of hydrogen-bond donors (Lipinski definition) is 1. The van der Waals surface area contributed by atoms with Crippen LogP contribution in [0.3, 0.4) is 0 Å². The number of nitrogens with one attached hydrogen (secondary N) is 1. The van der Waals surface area contributed by atoms with Gasteiger partial charge in [-0.25, -0.2) is 4.39 Å². The number of nitrogens with zero attached hydrogens (tertiary/aromatic N) is 1. The largest absolute Gasteiger partial charge is 0.385 e. The molecule has 0 saturated heterocycles. The van der Waals surface area contributed by atoms with Crippen molar-refractivity contribution in [2.24, 2.45) is 5.16 Å². The Labute approximate surface area is 127 Å². The molecule has 0 aromatic heterocycles. The zero-order chi connectivity index (χ0) is 15.2. The second-order valence-corrected chi connectivity index (χ2v) is 4.98. The number of oxime groups is 1. The Morgan fingerprint density at radius 3 is 3.14 bits per heavy atom. The molecule has 7 heteroatoms. The van der Waals surface area contributed by atoms with Gasteiger partial charge in [0.2, 0.25) is 6.10 Å². The van der Waals surface area contributed by atoms with E-state index in [4.69, 9.17) is 21.2 Å². The van der Waals surface area contributed by atoms with Gasteiger partial charge in [0.25, 0.3) is 5.91 Å². The molecule has 1 aliphatic heterocycles. The topological polar surface area (TPSA) is 59.9 Å². The van der Waals surface area contributed by atoms with Crippen LogP contribution in [-0.2, 0) is 14.4 Å². The minimum Gasteiger partial charge on any atom is -0.385 e. The van der Waals surface area contributed by atoms with Gasteiger partial charge in [0.1, 0.15) is 5.82 Å². The summed E-state index contributed by atoms with van der Waals surface area (Å²) in [5.41, 5.74) is 0.531. The molecule has 0 fully saturated rings. The van der Waals surface area contributed by atoms with E-state index in [2.05, 4.69) is 10.5 Å². The summed E-state index contributed by atoms with van der Waals surface area (Å²) in [5, 5.41) is 6.75. The van der Waals surface area contributed by atoms with Crippen LogP contribution in [0.5, 0.6) is 0 Å². The fourth-order valence-electron chi connectivity index (χ4n) is 1.98. The van der Waals surface area contributed by atoms with Gasteiger partial charge in [-0.05, 0) is 18.6 Å². The maximum atomic E-state index is 13.8. The molecule has 1 aliphatic rings. The molecule has 1 atom stereocenters. The molecule has 1 amide bonds. The highest BCUT2D eigenvalue weighted by Crippen LogP contribution is 2.25. The molecule has 2 rings (SSSR count). The Balaban J connectivity index is 1.92. The van der Waals surface area contributed by atoms with Crippen LogP contribution in [0.2, 0.25) is 5.02 Å². The molecule has 0 unspecified atom stereocenters. The van der Waals surface area contributed by atoms with Gasteiger partial charge >= 0.3 is 0 Å². The fourth-order valence-corrected chi connectivity index (χ4v) is 2.25. The number of halogens is 2. The molecule has 5 nitrogen and oxygen atoms in total. The van der Waals surface area contributed by atoms with Gasteiger partial charge in [-0.15, -0.1) is 0 Å². The minimum absolute atomic E-state index is 0.189. The van der Waals surface area contributed by atoms with Crippen molar-refractivity contribution in [1.82, 2.24) is 5.32 Å². The summed E-state index contributed by atoms with van der Waals surface area (Å²) < 4.78 is 18.7. The van der Waals surface area contributed by atoms with Gasteiger partial charge in [0, 0.05) is 26.7 Å². The predicted octanol–water partition coefficient (Wildman–Crippen LogP) is 2.12. The molecule has 114 valence electrons. The number of methoxy groups -OCH3 is 1. The zero-order valence-electron chi connectivity index (χ0n) is 11.6. The highest BCUT2D eigenvalue weighted by Gasteiger charge is 2.30. The van der Waals surface area contributed by atoms with Crippen LogP contribution < -0.4 is 5.32 Å². The van der Waals surface area contributed by atoms with E-state index in [1.165, 1.54) is 12.1 Å². The lowest BCUT2D eigenvalue weighted by Crippen LogP contribution is -2.35. The maximum absolute atomic E-state index is 13.8. The number of amides is 1. The van der Waals surface area contributed by atoms with Crippen LogP contribution in [0.4, 0.5) is 4.39 Å². The summed E-state index contributed by atoms with van der Waals surface area (Å²) in [6.07, 6.45) is 0.150.